The molecular weight excluding hydrogens is 216 g/mol. The summed E-state index contributed by atoms with van der Waals surface area (Å²) in [5.41, 5.74) is 2.06. The van der Waals surface area contributed by atoms with Crippen molar-refractivity contribution in [3.8, 4) is 0 Å². The van der Waals surface area contributed by atoms with E-state index in [-0.39, 0.29) is 11.9 Å². The van der Waals surface area contributed by atoms with Gasteiger partial charge in [0.2, 0.25) is 0 Å². The maximum Gasteiger partial charge on any atom is 0.313 e. The number of rotatable bonds is 6. The zero-order valence-corrected chi connectivity index (χ0v) is 10.3. The number of carbonyl (C=O) groups excluding carboxylic acids is 2. The molecule has 0 N–H and O–H groups in total. The van der Waals surface area contributed by atoms with Crippen molar-refractivity contribution in [2.24, 2.45) is 0 Å². The molecule has 0 amide bonds. The van der Waals surface area contributed by atoms with Gasteiger partial charge in [0, 0.05) is 6.42 Å². The van der Waals surface area contributed by atoms with E-state index in [4.69, 9.17) is 4.74 Å². The van der Waals surface area contributed by atoms with Crippen molar-refractivity contribution < 1.29 is 14.3 Å². The lowest BCUT2D eigenvalue weighted by atomic mass is 9.94. The van der Waals surface area contributed by atoms with E-state index < -0.39 is 0 Å². The van der Waals surface area contributed by atoms with Gasteiger partial charge in [-0.05, 0) is 25.8 Å². The van der Waals surface area contributed by atoms with Gasteiger partial charge in [0.05, 0.1) is 12.5 Å². The molecule has 1 aromatic rings. The Balaban J connectivity index is 2.84. The molecular formula is C14H18O3. The Hall–Kier alpha value is -1.64. The topological polar surface area (TPSA) is 43.4 Å². The number of benzene rings is 1. The number of hydrogen-bond acceptors (Lipinski definition) is 3. The van der Waals surface area contributed by atoms with E-state index in [1.165, 1.54) is 0 Å². The molecule has 92 valence electrons. The maximum absolute atomic E-state index is 11.8. The number of aryl methyl sites for hydroxylation is 1. The SMILES string of the molecule is CCOC(=O)C(CCC=O)c1ccc(C)cc1. The molecule has 0 aliphatic rings. The average molecular weight is 234 g/mol. The van der Waals surface area contributed by atoms with Crippen LogP contribution in [0.5, 0.6) is 0 Å². The minimum atomic E-state index is -0.333. The first kappa shape index (κ1) is 13.4. The van der Waals surface area contributed by atoms with Crippen LogP contribution >= 0.6 is 0 Å². The zero-order valence-electron chi connectivity index (χ0n) is 10.3. The molecule has 0 aromatic heterocycles. The minimum Gasteiger partial charge on any atom is -0.466 e. The van der Waals surface area contributed by atoms with Crippen LogP contribution in [0.2, 0.25) is 0 Å². The van der Waals surface area contributed by atoms with Gasteiger partial charge in [0.15, 0.2) is 0 Å². The van der Waals surface area contributed by atoms with Gasteiger partial charge in [-0.2, -0.15) is 0 Å². The lowest BCUT2D eigenvalue weighted by Crippen LogP contribution is -2.16. The van der Waals surface area contributed by atoms with Crippen molar-refractivity contribution in [3.05, 3.63) is 35.4 Å². The highest BCUT2D eigenvalue weighted by molar-refractivity contribution is 5.78. The van der Waals surface area contributed by atoms with Gasteiger partial charge in [0.25, 0.3) is 0 Å². The first-order chi connectivity index (χ1) is 8.19. The Labute approximate surface area is 102 Å². The van der Waals surface area contributed by atoms with Gasteiger partial charge in [-0.25, -0.2) is 0 Å². The molecule has 0 saturated heterocycles. The van der Waals surface area contributed by atoms with Crippen molar-refractivity contribution in [1.29, 1.82) is 0 Å². The number of hydrogen-bond donors (Lipinski definition) is 0. The van der Waals surface area contributed by atoms with Gasteiger partial charge in [-0.1, -0.05) is 29.8 Å². The lowest BCUT2D eigenvalue weighted by Gasteiger charge is -2.14. The molecule has 0 fully saturated rings. The van der Waals surface area contributed by atoms with Crippen LogP contribution in [0, 0.1) is 6.92 Å². The summed E-state index contributed by atoms with van der Waals surface area (Å²) >= 11 is 0. The Morgan fingerprint density at radius 1 is 1.35 bits per heavy atom. The average Bonchev–Trinajstić information content (AvgIpc) is 2.32. The van der Waals surface area contributed by atoms with E-state index in [0.29, 0.717) is 19.4 Å². The number of ether oxygens (including phenoxy) is 1. The van der Waals surface area contributed by atoms with Crippen LogP contribution in [0.25, 0.3) is 0 Å². The Morgan fingerprint density at radius 3 is 2.53 bits per heavy atom. The quantitative estimate of drug-likeness (QED) is 0.561. The molecule has 0 saturated carbocycles. The summed E-state index contributed by atoms with van der Waals surface area (Å²) in [5, 5.41) is 0. The van der Waals surface area contributed by atoms with Crippen LogP contribution in [0.1, 0.15) is 36.8 Å². The van der Waals surface area contributed by atoms with E-state index in [9.17, 15) is 9.59 Å². The predicted octanol–water partition coefficient (Wildman–Crippen LogP) is 2.62. The number of aldehydes is 1. The fraction of sp³-hybridized carbons (Fsp3) is 0.429. The van der Waals surface area contributed by atoms with E-state index >= 15 is 0 Å². The van der Waals surface area contributed by atoms with E-state index in [1.807, 2.05) is 31.2 Å². The molecule has 0 aliphatic carbocycles. The first-order valence-corrected chi connectivity index (χ1v) is 5.85. The molecule has 1 rings (SSSR count). The van der Waals surface area contributed by atoms with Crippen molar-refractivity contribution in [2.75, 3.05) is 6.61 Å². The van der Waals surface area contributed by atoms with Crippen molar-refractivity contribution in [2.45, 2.75) is 32.6 Å². The number of esters is 1. The van der Waals surface area contributed by atoms with E-state index in [2.05, 4.69) is 0 Å². The highest BCUT2D eigenvalue weighted by Crippen LogP contribution is 2.23. The van der Waals surface area contributed by atoms with Gasteiger partial charge < -0.3 is 9.53 Å². The monoisotopic (exact) mass is 234 g/mol. The first-order valence-electron chi connectivity index (χ1n) is 5.85. The maximum atomic E-state index is 11.8. The van der Waals surface area contributed by atoms with Crippen LogP contribution in [-0.4, -0.2) is 18.9 Å². The molecule has 3 heteroatoms. The molecule has 0 heterocycles. The summed E-state index contributed by atoms with van der Waals surface area (Å²) in [5.74, 6) is -0.584. The fourth-order valence-corrected chi connectivity index (χ4v) is 1.70. The smallest absolute Gasteiger partial charge is 0.313 e. The zero-order chi connectivity index (χ0) is 12.7. The summed E-state index contributed by atoms with van der Waals surface area (Å²) < 4.78 is 5.03. The van der Waals surface area contributed by atoms with Gasteiger partial charge >= 0.3 is 5.97 Å². The Morgan fingerprint density at radius 2 is 2.00 bits per heavy atom. The van der Waals surface area contributed by atoms with Gasteiger partial charge in [-0.15, -0.1) is 0 Å². The van der Waals surface area contributed by atoms with Crippen LogP contribution in [-0.2, 0) is 14.3 Å². The summed E-state index contributed by atoms with van der Waals surface area (Å²) in [6.45, 7) is 4.14. The van der Waals surface area contributed by atoms with E-state index in [1.54, 1.807) is 6.92 Å². The Kier molecular flexibility index (Phi) is 5.40. The highest BCUT2D eigenvalue weighted by Gasteiger charge is 2.21. The fourth-order valence-electron chi connectivity index (χ4n) is 1.70. The Bertz CT molecular complexity index is 368. The van der Waals surface area contributed by atoms with Crippen molar-refractivity contribution in [1.82, 2.24) is 0 Å². The second-order valence-electron chi connectivity index (χ2n) is 3.96. The molecule has 1 unspecified atom stereocenters. The molecule has 1 atom stereocenters. The molecule has 1 aromatic carbocycles. The standard InChI is InChI=1S/C14H18O3/c1-3-17-14(16)13(5-4-10-15)12-8-6-11(2)7-9-12/h6-10,13H,3-5H2,1-2H3. The van der Waals surface area contributed by atoms with Crippen LogP contribution in [0.3, 0.4) is 0 Å². The predicted molar refractivity (Wildman–Crippen MR) is 65.9 cm³/mol. The van der Waals surface area contributed by atoms with Gasteiger partial charge in [0.1, 0.15) is 6.29 Å². The largest absolute Gasteiger partial charge is 0.466 e. The second kappa shape index (κ2) is 6.84. The molecule has 17 heavy (non-hydrogen) atoms. The van der Waals surface area contributed by atoms with E-state index in [0.717, 1.165) is 17.4 Å². The molecule has 3 nitrogen and oxygen atoms in total. The summed E-state index contributed by atoms with van der Waals surface area (Å²) in [6.07, 6.45) is 1.71. The summed E-state index contributed by atoms with van der Waals surface area (Å²) in [4.78, 5) is 22.2. The third-order valence-corrected chi connectivity index (χ3v) is 2.62. The highest BCUT2D eigenvalue weighted by atomic mass is 16.5. The normalized spacial score (nSPS) is 11.9. The van der Waals surface area contributed by atoms with Crippen LogP contribution in [0.15, 0.2) is 24.3 Å². The lowest BCUT2D eigenvalue weighted by molar-refractivity contribution is -0.145. The van der Waals surface area contributed by atoms with Crippen molar-refractivity contribution in [3.63, 3.8) is 0 Å². The molecule has 0 bridgehead atoms. The second-order valence-corrected chi connectivity index (χ2v) is 3.96. The van der Waals surface area contributed by atoms with Crippen LogP contribution in [0.4, 0.5) is 0 Å². The third kappa shape index (κ3) is 4.02. The van der Waals surface area contributed by atoms with Crippen molar-refractivity contribution >= 4 is 12.3 Å². The number of carbonyl (C=O) groups is 2. The van der Waals surface area contributed by atoms with Crippen LogP contribution < -0.4 is 0 Å². The summed E-state index contributed by atoms with van der Waals surface area (Å²) in [6, 6.07) is 7.76. The molecule has 0 radical (unpaired) electrons. The summed E-state index contributed by atoms with van der Waals surface area (Å²) in [7, 11) is 0. The molecule has 0 spiro atoms. The third-order valence-electron chi connectivity index (χ3n) is 2.62. The molecule has 0 aliphatic heterocycles. The minimum absolute atomic E-state index is 0.252. The van der Waals surface area contributed by atoms with Gasteiger partial charge in [-0.3, -0.25) is 4.79 Å².